The van der Waals surface area contributed by atoms with E-state index >= 15 is 0 Å². The highest BCUT2D eigenvalue weighted by Gasteiger charge is 2.43. The molecule has 1 saturated heterocycles. The summed E-state index contributed by atoms with van der Waals surface area (Å²) >= 11 is 0. The number of hydrogen-bond acceptors (Lipinski definition) is 6. The maximum atomic E-state index is 10.4. The predicted octanol–water partition coefficient (Wildman–Crippen LogP) is 3.27. The molecule has 1 spiro atoms. The van der Waals surface area contributed by atoms with Crippen molar-refractivity contribution in [2.45, 2.75) is 44.2 Å². The van der Waals surface area contributed by atoms with Crippen LogP contribution in [0, 0.1) is 0 Å². The van der Waals surface area contributed by atoms with E-state index in [1.807, 2.05) is 42.5 Å². The van der Waals surface area contributed by atoms with Crippen molar-refractivity contribution >= 4 is 0 Å². The number of para-hydroxylation sites is 1. The molecule has 0 bridgehead atoms. The number of aliphatic hydroxyl groups excluding tert-OH is 1. The third-order valence-electron chi connectivity index (χ3n) is 6.21. The van der Waals surface area contributed by atoms with E-state index in [0.29, 0.717) is 13.2 Å². The highest BCUT2D eigenvalue weighted by Crippen LogP contribution is 2.37. The van der Waals surface area contributed by atoms with E-state index in [1.165, 1.54) is 0 Å². The number of β-amino-alcohol motifs (C(OH)–C–C–N with tert-alkyl or cyclic N) is 1. The predicted molar refractivity (Wildman–Crippen MR) is 114 cm³/mol. The summed E-state index contributed by atoms with van der Waals surface area (Å²) in [6.07, 6.45) is 1.21. The van der Waals surface area contributed by atoms with Gasteiger partial charge in [-0.15, -0.1) is 0 Å². The molecule has 6 nitrogen and oxygen atoms in total. The summed E-state index contributed by atoms with van der Waals surface area (Å²) in [5.74, 6) is 2.44. The van der Waals surface area contributed by atoms with Gasteiger partial charge < -0.3 is 29.0 Å². The van der Waals surface area contributed by atoms with Crippen LogP contribution in [-0.2, 0) is 11.3 Å². The van der Waals surface area contributed by atoms with Crippen molar-refractivity contribution in [1.82, 2.24) is 4.90 Å². The number of fused-ring (bicyclic) bond motifs is 1. The SMILES string of the molecule is COc1ccc(OCC(O)CN2CCC3(CC2)OCc2ccccc2OC3C)cc1. The van der Waals surface area contributed by atoms with Crippen LogP contribution in [-0.4, -0.2) is 61.2 Å². The van der Waals surface area contributed by atoms with Crippen LogP contribution < -0.4 is 14.2 Å². The van der Waals surface area contributed by atoms with Gasteiger partial charge in [-0.1, -0.05) is 18.2 Å². The molecular formula is C24H31NO5. The van der Waals surface area contributed by atoms with Crippen molar-refractivity contribution in [2.75, 3.05) is 33.4 Å². The molecule has 0 aliphatic carbocycles. The van der Waals surface area contributed by atoms with Crippen molar-refractivity contribution in [1.29, 1.82) is 0 Å². The number of nitrogens with zero attached hydrogens (tertiary/aromatic N) is 1. The Morgan fingerprint density at radius 3 is 2.53 bits per heavy atom. The van der Waals surface area contributed by atoms with Crippen LogP contribution in [0.2, 0.25) is 0 Å². The van der Waals surface area contributed by atoms with Crippen molar-refractivity contribution in [3.63, 3.8) is 0 Å². The smallest absolute Gasteiger partial charge is 0.125 e. The van der Waals surface area contributed by atoms with E-state index in [-0.39, 0.29) is 18.3 Å². The van der Waals surface area contributed by atoms with E-state index in [4.69, 9.17) is 18.9 Å². The van der Waals surface area contributed by atoms with Crippen LogP contribution in [0.15, 0.2) is 48.5 Å². The van der Waals surface area contributed by atoms with E-state index in [0.717, 1.165) is 48.7 Å². The third kappa shape index (κ3) is 4.72. The molecule has 0 saturated carbocycles. The Bertz CT molecular complexity index is 817. The first-order chi connectivity index (χ1) is 14.6. The second-order valence-corrected chi connectivity index (χ2v) is 8.16. The summed E-state index contributed by atoms with van der Waals surface area (Å²) in [4.78, 5) is 2.28. The average molecular weight is 414 g/mol. The molecular weight excluding hydrogens is 382 g/mol. The minimum Gasteiger partial charge on any atom is -0.497 e. The summed E-state index contributed by atoms with van der Waals surface area (Å²) in [7, 11) is 1.63. The zero-order valence-electron chi connectivity index (χ0n) is 17.8. The van der Waals surface area contributed by atoms with E-state index in [2.05, 4.69) is 17.9 Å². The van der Waals surface area contributed by atoms with Crippen LogP contribution in [0.1, 0.15) is 25.3 Å². The van der Waals surface area contributed by atoms with Crippen LogP contribution in [0.25, 0.3) is 0 Å². The molecule has 2 heterocycles. The summed E-state index contributed by atoms with van der Waals surface area (Å²) in [5.41, 5.74) is 0.829. The lowest BCUT2D eigenvalue weighted by molar-refractivity contribution is -0.138. The van der Waals surface area contributed by atoms with Crippen molar-refractivity contribution < 1.29 is 24.1 Å². The number of rotatable bonds is 6. The second kappa shape index (κ2) is 9.25. The zero-order valence-corrected chi connectivity index (χ0v) is 17.8. The van der Waals surface area contributed by atoms with Gasteiger partial charge in [-0.3, -0.25) is 0 Å². The normalized spacial score (nSPS) is 21.9. The summed E-state index contributed by atoms with van der Waals surface area (Å²) in [6, 6.07) is 15.5. The maximum Gasteiger partial charge on any atom is 0.125 e. The highest BCUT2D eigenvalue weighted by atomic mass is 16.6. The Kier molecular flexibility index (Phi) is 6.46. The quantitative estimate of drug-likeness (QED) is 0.784. The molecule has 2 aliphatic rings. The monoisotopic (exact) mass is 413 g/mol. The Labute approximate surface area is 178 Å². The fourth-order valence-corrected chi connectivity index (χ4v) is 4.25. The van der Waals surface area contributed by atoms with Gasteiger partial charge in [0, 0.05) is 25.2 Å². The van der Waals surface area contributed by atoms with Gasteiger partial charge in [0.25, 0.3) is 0 Å². The van der Waals surface area contributed by atoms with E-state index in [1.54, 1.807) is 7.11 Å². The lowest BCUT2D eigenvalue weighted by atomic mass is 9.86. The van der Waals surface area contributed by atoms with Crippen LogP contribution in [0.4, 0.5) is 0 Å². The highest BCUT2D eigenvalue weighted by molar-refractivity contribution is 5.34. The first kappa shape index (κ1) is 21.0. The number of benzene rings is 2. The van der Waals surface area contributed by atoms with Crippen LogP contribution >= 0.6 is 0 Å². The third-order valence-corrected chi connectivity index (χ3v) is 6.21. The van der Waals surface area contributed by atoms with Crippen molar-refractivity contribution in [3.05, 3.63) is 54.1 Å². The zero-order chi connectivity index (χ0) is 21.0. The van der Waals surface area contributed by atoms with Gasteiger partial charge in [0.2, 0.25) is 0 Å². The van der Waals surface area contributed by atoms with Crippen LogP contribution in [0.3, 0.4) is 0 Å². The summed E-state index contributed by atoms with van der Waals surface area (Å²) in [6.45, 7) is 5.27. The molecule has 0 radical (unpaired) electrons. The molecule has 0 amide bonds. The Hall–Kier alpha value is -2.28. The van der Waals surface area contributed by atoms with Crippen molar-refractivity contribution in [3.8, 4) is 17.2 Å². The largest absolute Gasteiger partial charge is 0.497 e. The Balaban J connectivity index is 1.26. The molecule has 162 valence electrons. The molecule has 1 fully saturated rings. The summed E-state index contributed by atoms with van der Waals surface area (Å²) < 4.78 is 23.5. The van der Waals surface area contributed by atoms with E-state index in [9.17, 15) is 5.11 Å². The molecule has 2 aliphatic heterocycles. The number of likely N-dealkylation sites (tertiary alicyclic amines) is 1. The summed E-state index contributed by atoms with van der Waals surface area (Å²) in [5, 5.41) is 10.4. The minimum absolute atomic E-state index is 0.00775. The molecule has 4 rings (SSSR count). The number of piperidine rings is 1. The molecule has 0 aromatic heterocycles. The van der Waals surface area contributed by atoms with Gasteiger partial charge in [0.05, 0.1) is 13.7 Å². The van der Waals surface area contributed by atoms with E-state index < -0.39 is 6.10 Å². The Morgan fingerprint density at radius 2 is 1.80 bits per heavy atom. The topological polar surface area (TPSA) is 60.4 Å². The molecule has 6 heteroatoms. The molecule has 30 heavy (non-hydrogen) atoms. The van der Waals surface area contributed by atoms with Crippen LogP contribution in [0.5, 0.6) is 17.2 Å². The molecule has 2 aromatic rings. The van der Waals surface area contributed by atoms with Gasteiger partial charge in [0.15, 0.2) is 0 Å². The minimum atomic E-state index is -0.547. The number of hydrogen-bond donors (Lipinski definition) is 1. The first-order valence-corrected chi connectivity index (χ1v) is 10.6. The van der Waals surface area contributed by atoms with Gasteiger partial charge in [-0.25, -0.2) is 0 Å². The first-order valence-electron chi connectivity index (χ1n) is 10.6. The molecule has 2 unspecified atom stereocenters. The molecule has 2 aromatic carbocycles. The Morgan fingerprint density at radius 1 is 1.10 bits per heavy atom. The number of methoxy groups -OCH3 is 1. The maximum absolute atomic E-state index is 10.4. The molecule has 2 atom stereocenters. The standard InChI is InChI=1S/C24H31NO5/c1-18-24(29-16-19-5-3-4-6-23(19)30-18)11-13-25(14-12-24)15-20(26)17-28-22-9-7-21(27-2)8-10-22/h3-10,18,20,26H,11-17H2,1-2H3. The molecule has 1 N–H and O–H groups in total. The average Bonchev–Trinajstić information content (AvgIpc) is 2.91. The van der Waals surface area contributed by atoms with Gasteiger partial charge >= 0.3 is 0 Å². The van der Waals surface area contributed by atoms with Gasteiger partial charge in [-0.2, -0.15) is 0 Å². The fourth-order valence-electron chi connectivity index (χ4n) is 4.25. The van der Waals surface area contributed by atoms with Gasteiger partial charge in [-0.05, 0) is 50.1 Å². The number of ether oxygens (including phenoxy) is 4. The van der Waals surface area contributed by atoms with Gasteiger partial charge in [0.1, 0.15) is 41.7 Å². The fraction of sp³-hybridized carbons (Fsp3) is 0.500. The second-order valence-electron chi connectivity index (χ2n) is 8.16. The lowest BCUT2D eigenvalue weighted by Gasteiger charge is -2.44. The van der Waals surface area contributed by atoms with Crippen molar-refractivity contribution in [2.24, 2.45) is 0 Å². The number of aliphatic hydroxyl groups is 1. The lowest BCUT2D eigenvalue weighted by Crippen LogP contribution is -2.54.